The summed E-state index contributed by atoms with van der Waals surface area (Å²) in [4.78, 5) is 12.2. The molecule has 0 radical (unpaired) electrons. The molecule has 0 amide bonds. The average Bonchev–Trinajstić information content (AvgIpc) is 2.40. The van der Waals surface area contributed by atoms with E-state index in [1.807, 2.05) is 6.92 Å². The third-order valence-corrected chi connectivity index (χ3v) is 3.75. The highest BCUT2D eigenvalue weighted by Gasteiger charge is 2.44. The molecule has 0 spiro atoms. The Morgan fingerprint density at radius 3 is 2.74 bits per heavy atom. The van der Waals surface area contributed by atoms with Crippen LogP contribution in [-0.2, 0) is 14.9 Å². The molecule has 1 heterocycles. The number of benzene rings is 1. The summed E-state index contributed by atoms with van der Waals surface area (Å²) in [5.41, 5.74) is -0.417. The molecule has 1 unspecified atom stereocenters. The van der Waals surface area contributed by atoms with E-state index < -0.39 is 23.0 Å². The molecule has 0 bridgehead atoms. The van der Waals surface area contributed by atoms with Gasteiger partial charge in [0.2, 0.25) is 0 Å². The van der Waals surface area contributed by atoms with Gasteiger partial charge in [-0.1, -0.05) is 6.07 Å². The molecule has 1 fully saturated rings. The molecule has 0 aromatic heterocycles. The molecule has 3 nitrogen and oxygen atoms in total. The van der Waals surface area contributed by atoms with Crippen molar-refractivity contribution in [3.63, 3.8) is 0 Å². The van der Waals surface area contributed by atoms with Crippen molar-refractivity contribution in [3.8, 4) is 0 Å². The summed E-state index contributed by atoms with van der Waals surface area (Å²) in [6.45, 7) is 2.59. The van der Waals surface area contributed by atoms with Crippen LogP contribution < -0.4 is 5.32 Å². The van der Waals surface area contributed by atoms with Gasteiger partial charge in [0.05, 0.1) is 12.5 Å². The maximum absolute atomic E-state index is 13.4. The zero-order valence-corrected chi connectivity index (χ0v) is 11.0. The van der Waals surface area contributed by atoms with E-state index in [1.54, 1.807) is 0 Å². The first-order valence-corrected chi connectivity index (χ1v) is 6.27. The highest BCUT2D eigenvalue weighted by Crippen LogP contribution is 2.37. The Balaban J connectivity index is 2.47. The van der Waals surface area contributed by atoms with Crippen LogP contribution in [0.3, 0.4) is 0 Å². The standard InChI is InChI=1S/C14H17F2NO2/c1-9-8-14(5-6-17-9,13(18)19-2)10-3-4-11(15)12(16)7-10/h3-4,7,9,17H,5-6,8H2,1-2H3/t9-,14?/m0/s1. The van der Waals surface area contributed by atoms with Crippen LogP contribution in [0.25, 0.3) is 0 Å². The highest BCUT2D eigenvalue weighted by molar-refractivity contribution is 5.83. The van der Waals surface area contributed by atoms with Gasteiger partial charge in [-0.25, -0.2) is 8.78 Å². The molecular weight excluding hydrogens is 252 g/mol. The van der Waals surface area contributed by atoms with Crippen molar-refractivity contribution in [2.45, 2.75) is 31.2 Å². The van der Waals surface area contributed by atoms with E-state index in [2.05, 4.69) is 5.32 Å². The second kappa shape index (κ2) is 5.25. The molecule has 2 rings (SSSR count). The number of hydrogen-bond acceptors (Lipinski definition) is 3. The smallest absolute Gasteiger partial charge is 0.316 e. The molecule has 5 heteroatoms. The minimum Gasteiger partial charge on any atom is -0.468 e. The van der Waals surface area contributed by atoms with Gasteiger partial charge in [0.1, 0.15) is 0 Å². The topological polar surface area (TPSA) is 38.3 Å². The molecule has 0 aliphatic carbocycles. The predicted molar refractivity (Wildman–Crippen MR) is 66.8 cm³/mol. The Morgan fingerprint density at radius 1 is 1.42 bits per heavy atom. The van der Waals surface area contributed by atoms with E-state index in [1.165, 1.54) is 13.2 Å². The Hall–Kier alpha value is -1.49. The van der Waals surface area contributed by atoms with Crippen molar-refractivity contribution in [2.24, 2.45) is 0 Å². The van der Waals surface area contributed by atoms with Crippen LogP contribution in [0.15, 0.2) is 18.2 Å². The zero-order valence-electron chi connectivity index (χ0n) is 11.0. The summed E-state index contributed by atoms with van der Waals surface area (Å²) in [7, 11) is 1.32. The molecular formula is C14H17F2NO2. The lowest BCUT2D eigenvalue weighted by molar-refractivity contribution is -0.149. The van der Waals surface area contributed by atoms with Gasteiger partial charge in [-0.2, -0.15) is 0 Å². The van der Waals surface area contributed by atoms with Gasteiger partial charge < -0.3 is 10.1 Å². The second-order valence-electron chi connectivity index (χ2n) is 5.01. The molecule has 1 aromatic carbocycles. The van der Waals surface area contributed by atoms with Crippen molar-refractivity contribution in [3.05, 3.63) is 35.4 Å². The minimum atomic E-state index is -0.938. The molecule has 0 saturated carbocycles. The summed E-state index contributed by atoms with van der Waals surface area (Å²) >= 11 is 0. The van der Waals surface area contributed by atoms with Gasteiger partial charge >= 0.3 is 5.97 Å². The number of carbonyl (C=O) groups is 1. The van der Waals surface area contributed by atoms with Crippen molar-refractivity contribution >= 4 is 5.97 Å². The number of carbonyl (C=O) groups excluding carboxylic acids is 1. The SMILES string of the molecule is COC(=O)C1(c2ccc(F)c(F)c2)CCN[C@@H](C)C1. The van der Waals surface area contributed by atoms with Crippen molar-refractivity contribution in [1.82, 2.24) is 5.32 Å². The molecule has 104 valence electrons. The highest BCUT2D eigenvalue weighted by atomic mass is 19.2. The van der Waals surface area contributed by atoms with Crippen LogP contribution in [0.2, 0.25) is 0 Å². The molecule has 1 N–H and O–H groups in total. The quantitative estimate of drug-likeness (QED) is 0.836. The molecule has 1 aliphatic heterocycles. The summed E-state index contributed by atoms with van der Waals surface area (Å²) in [5, 5.41) is 3.24. The summed E-state index contributed by atoms with van der Waals surface area (Å²) in [5.74, 6) is -2.25. The Bertz CT molecular complexity index is 492. The van der Waals surface area contributed by atoms with Gasteiger partial charge in [-0.15, -0.1) is 0 Å². The van der Waals surface area contributed by atoms with Crippen LogP contribution in [0.5, 0.6) is 0 Å². The third kappa shape index (κ3) is 2.47. The van der Waals surface area contributed by atoms with Gasteiger partial charge in [-0.05, 0) is 44.0 Å². The molecule has 19 heavy (non-hydrogen) atoms. The molecule has 2 atom stereocenters. The third-order valence-electron chi connectivity index (χ3n) is 3.75. The van der Waals surface area contributed by atoms with Crippen LogP contribution in [0.1, 0.15) is 25.3 Å². The number of methoxy groups -OCH3 is 1. The van der Waals surface area contributed by atoms with E-state index >= 15 is 0 Å². The van der Waals surface area contributed by atoms with E-state index in [9.17, 15) is 13.6 Å². The number of hydrogen-bond donors (Lipinski definition) is 1. The lowest BCUT2D eigenvalue weighted by Gasteiger charge is -2.38. The van der Waals surface area contributed by atoms with Crippen molar-refractivity contribution in [2.75, 3.05) is 13.7 Å². The first-order valence-electron chi connectivity index (χ1n) is 6.27. The summed E-state index contributed by atoms with van der Waals surface area (Å²) in [6, 6.07) is 3.74. The average molecular weight is 269 g/mol. The van der Waals surface area contributed by atoms with E-state index in [4.69, 9.17) is 4.74 Å². The first kappa shape index (κ1) is 13.9. The number of ether oxygens (including phenoxy) is 1. The van der Waals surface area contributed by atoms with E-state index in [-0.39, 0.29) is 6.04 Å². The maximum Gasteiger partial charge on any atom is 0.316 e. The van der Waals surface area contributed by atoms with E-state index in [0.29, 0.717) is 24.9 Å². The first-order chi connectivity index (χ1) is 8.99. The maximum atomic E-state index is 13.4. The largest absolute Gasteiger partial charge is 0.468 e. The predicted octanol–water partition coefficient (Wildman–Crippen LogP) is 2.15. The fourth-order valence-electron chi connectivity index (χ4n) is 2.78. The number of esters is 1. The van der Waals surface area contributed by atoms with Gasteiger partial charge in [-0.3, -0.25) is 4.79 Å². The number of nitrogens with one attached hydrogen (secondary N) is 1. The summed E-state index contributed by atoms with van der Waals surface area (Å²) in [6.07, 6.45) is 1.01. The lowest BCUT2D eigenvalue weighted by atomic mass is 9.71. The monoisotopic (exact) mass is 269 g/mol. The molecule has 1 aliphatic rings. The van der Waals surface area contributed by atoms with Gasteiger partial charge in [0.15, 0.2) is 11.6 Å². The van der Waals surface area contributed by atoms with Gasteiger partial charge in [0, 0.05) is 6.04 Å². The number of rotatable bonds is 2. The minimum absolute atomic E-state index is 0.112. The second-order valence-corrected chi connectivity index (χ2v) is 5.01. The number of halogens is 2. The fourth-order valence-corrected chi connectivity index (χ4v) is 2.78. The Labute approximate surface area is 111 Å². The fraction of sp³-hybridized carbons (Fsp3) is 0.500. The zero-order chi connectivity index (χ0) is 14.0. The van der Waals surface area contributed by atoms with Crippen LogP contribution >= 0.6 is 0 Å². The Kier molecular flexibility index (Phi) is 3.85. The summed E-state index contributed by atoms with van der Waals surface area (Å²) < 4.78 is 31.4. The Morgan fingerprint density at radius 2 is 2.16 bits per heavy atom. The van der Waals surface area contributed by atoms with Crippen LogP contribution in [0.4, 0.5) is 8.78 Å². The van der Waals surface area contributed by atoms with Crippen LogP contribution in [-0.4, -0.2) is 25.7 Å². The van der Waals surface area contributed by atoms with Gasteiger partial charge in [0.25, 0.3) is 0 Å². The van der Waals surface area contributed by atoms with Crippen molar-refractivity contribution in [1.29, 1.82) is 0 Å². The molecule has 1 aromatic rings. The van der Waals surface area contributed by atoms with Crippen LogP contribution in [0, 0.1) is 11.6 Å². The lowest BCUT2D eigenvalue weighted by Crippen LogP contribution is -2.50. The van der Waals surface area contributed by atoms with Crippen molar-refractivity contribution < 1.29 is 18.3 Å². The van der Waals surface area contributed by atoms with E-state index in [0.717, 1.165) is 12.1 Å². The normalized spacial score (nSPS) is 27.1. The molecule has 1 saturated heterocycles. The number of piperidine rings is 1.